The zero-order chi connectivity index (χ0) is 22.1. The molecule has 0 unspecified atom stereocenters. The maximum atomic E-state index is 12.9. The van der Waals surface area contributed by atoms with Crippen LogP contribution in [0.15, 0.2) is 56.7 Å². The number of carbonyl (C=O) groups excluding carboxylic acids is 2. The van der Waals surface area contributed by atoms with Gasteiger partial charge in [-0.2, -0.15) is 4.99 Å². The molecular formula is C23H20N2O5S. The second kappa shape index (κ2) is 8.31. The number of fused-ring (bicyclic) bond motifs is 2. The van der Waals surface area contributed by atoms with Crippen molar-refractivity contribution in [2.45, 2.75) is 27.3 Å². The third-order valence-electron chi connectivity index (χ3n) is 4.75. The number of benzene rings is 2. The van der Waals surface area contributed by atoms with Gasteiger partial charge in [0.2, 0.25) is 0 Å². The third kappa shape index (κ3) is 4.06. The number of thiazole rings is 1. The zero-order valence-electron chi connectivity index (χ0n) is 17.3. The zero-order valence-corrected chi connectivity index (χ0v) is 18.1. The molecule has 4 rings (SSSR count). The lowest BCUT2D eigenvalue weighted by atomic mass is 10.1. The monoisotopic (exact) mass is 436 g/mol. The van der Waals surface area contributed by atoms with Gasteiger partial charge in [0.05, 0.1) is 22.2 Å². The summed E-state index contributed by atoms with van der Waals surface area (Å²) >= 11 is 1.30. The Hall–Kier alpha value is -3.52. The summed E-state index contributed by atoms with van der Waals surface area (Å²) in [6.45, 7) is 5.84. The molecule has 2 heterocycles. The van der Waals surface area contributed by atoms with Crippen LogP contribution in [-0.4, -0.2) is 23.1 Å². The molecule has 8 heteroatoms. The maximum Gasteiger partial charge on any atom is 0.326 e. The van der Waals surface area contributed by atoms with Gasteiger partial charge >= 0.3 is 11.9 Å². The number of amides is 1. The minimum atomic E-state index is -0.693. The van der Waals surface area contributed by atoms with E-state index in [4.69, 9.17) is 9.15 Å². The van der Waals surface area contributed by atoms with Crippen molar-refractivity contribution in [3.63, 3.8) is 0 Å². The van der Waals surface area contributed by atoms with Gasteiger partial charge in [-0.05, 0) is 50.1 Å². The highest BCUT2D eigenvalue weighted by atomic mass is 32.1. The van der Waals surface area contributed by atoms with Crippen molar-refractivity contribution in [2.24, 2.45) is 4.99 Å². The summed E-state index contributed by atoms with van der Waals surface area (Å²) in [4.78, 5) is 42.0. The molecule has 0 bridgehead atoms. The average Bonchev–Trinajstić information content (AvgIpc) is 3.05. The number of aromatic nitrogens is 1. The molecule has 0 aliphatic heterocycles. The Balaban J connectivity index is 1.88. The average molecular weight is 436 g/mol. The van der Waals surface area contributed by atoms with Crippen LogP contribution in [0.4, 0.5) is 0 Å². The van der Waals surface area contributed by atoms with E-state index in [1.165, 1.54) is 11.3 Å². The molecular weight excluding hydrogens is 416 g/mol. The highest BCUT2D eigenvalue weighted by molar-refractivity contribution is 7.16. The van der Waals surface area contributed by atoms with Gasteiger partial charge < -0.3 is 13.7 Å². The summed E-state index contributed by atoms with van der Waals surface area (Å²) < 4.78 is 13.3. The van der Waals surface area contributed by atoms with Gasteiger partial charge in [-0.1, -0.05) is 29.5 Å². The fraction of sp³-hybridized carbons (Fsp3) is 0.217. The van der Waals surface area contributed by atoms with Crippen LogP contribution in [0.2, 0.25) is 0 Å². The fourth-order valence-electron chi connectivity index (χ4n) is 3.44. The van der Waals surface area contributed by atoms with E-state index in [1.807, 2.05) is 26.0 Å². The molecule has 0 radical (unpaired) electrons. The number of aryl methyl sites for hydroxylation is 2. The Bertz CT molecular complexity index is 1460. The van der Waals surface area contributed by atoms with Crippen LogP contribution in [0.25, 0.3) is 21.2 Å². The number of para-hydroxylation sites is 1. The number of rotatable bonds is 4. The van der Waals surface area contributed by atoms with Crippen molar-refractivity contribution in [3.8, 4) is 0 Å². The van der Waals surface area contributed by atoms with E-state index >= 15 is 0 Å². The van der Waals surface area contributed by atoms with Gasteiger partial charge in [0, 0.05) is 6.07 Å². The molecule has 0 aliphatic carbocycles. The summed E-state index contributed by atoms with van der Waals surface area (Å²) in [6.07, 6.45) is 0. The van der Waals surface area contributed by atoms with Crippen LogP contribution in [0.5, 0.6) is 0 Å². The Morgan fingerprint density at radius 2 is 1.94 bits per heavy atom. The predicted octanol–water partition coefficient (Wildman–Crippen LogP) is 3.73. The Kier molecular flexibility index (Phi) is 5.56. The summed E-state index contributed by atoms with van der Waals surface area (Å²) in [5.74, 6) is -1.27. The van der Waals surface area contributed by atoms with Crippen LogP contribution >= 0.6 is 11.3 Å². The summed E-state index contributed by atoms with van der Waals surface area (Å²) in [7, 11) is 0. The van der Waals surface area contributed by atoms with Crippen molar-refractivity contribution >= 4 is 44.4 Å². The molecule has 1 amide bonds. The Morgan fingerprint density at radius 3 is 2.71 bits per heavy atom. The summed E-state index contributed by atoms with van der Waals surface area (Å²) in [6, 6.07) is 11.8. The van der Waals surface area contributed by atoms with Crippen LogP contribution in [0.1, 0.15) is 28.6 Å². The second-order valence-corrected chi connectivity index (χ2v) is 8.07. The van der Waals surface area contributed by atoms with E-state index in [-0.39, 0.29) is 24.3 Å². The molecule has 0 aliphatic rings. The van der Waals surface area contributed by atoms with Crippen molar-refractivity contribution in [1.82, 2.24) is 4.57 Å². The number of nitrogens with zero attached hydrogens (tertiary/aromatic N) is 2. The molecule has 0 N–H and O–H groups in total. The Labute approximate surface area is 181 Å². The lowest BCUT2D eigenvalue weighted by Crippen LogP contribution is -2.23. The van der Waals surface area contributed by atoms with Gasteiger partial charge in [0.15, 0.2) is 16.0 Å². The lowest BCUT2D eigenvalue weighted by molar-refractivity contribution is -0.143. The van der Waals surface area contributed by atoms with Gasteiger partial charge in [-0.15, -0.1) is 0 Å². The van der Waals surface area contributed by atoms with E-state index < -0.39 is 11.9 Å². The highest BCUT2D eigenvalue weighted by Crippen LogP contribution is 2.23. The molecule has 2 aromatic heterocycles. The van der Waals surface area contributed by atoms with Crippen molar-refractivity contribution < 1.29 is 18.7 Å². The molecule has 0 fully saturated rings. The molecule has 0 saturated heterocycles. The third-order valence-corrected chi connectivity index (χ3v) is 5.98. The van der Waals surface area contributed by atoms with Crippen LogP contribution in [0.3, 0.4) is 0 Å². The predicted molar refractivity (Wildman–Crippen MR) is 118 cm³/mol. The van der Waals surface area contributed by atoms with E-state index in [9.17, 15) is 14.4 Å². The number of esters is 1. The molecule has 2 aromatic carbocycles. The number of hydrogen-bond acceptors (Lipinski definition) is 6. The molecule has 4 aromatic rings. The lowest BCUT2D eigenvalue weighted by Gasteiger charge is -2.06. The van der Waals surface area contributed by atoms with Gasteiger partial charge in [-0.25, -0.2) is 0 Å². The van der Waals surface area contributed by atoms with E-state index in [0.717, 1.165) is 27.4 Å². The molecule has 0 spiro atoms. The molecule has 0 atom stereocenters. The molecule has 7 nitrogen and oxygen atoms in total. The van der Waals surface area contributed by atoms with Crippen LogP contribution < -0.4 is 10.2 Å². The normalized spacial score (nSPS) is 11.9. The van der Waals surface area contributed by atoms with Crippen molar-refractivity contribution in [3.05, 3.63) is 74.4 Å². The van der Waals surface area contributed by atoms with Crippen molar-refractivity contribution in [1.29, 1.82) is 0 Å². The second-order valence-electron chi connectivity index (χ2n) is 7.09. The minimum Gasteiger partial charge on any atom is -0.465 e. The number of carbonyl (C=O) groups is 2. The first-order valence-electron chi connectivity index (χ1n) is 9.75. The van der Waals surface area contributed by atoms with Crippen molar-refractivity contribution in [2.75, 3.05) is 6.61 Å². The van der Waals surface area contributed by atoms with Gasteiger partial charge in [0.25, 0.3) is 0 Å². The van der Waals surface area contributed by atoms with Gasteiger partial charge in [-0.3, -0.25) is 14.4 Å². The number of ether oxygens (including phenoxy) is 1. The maximum absolute atomic E-state index is 12.9. The summed E-state index contributed by atoms with van der Waals surface area (Å²) in [5, 5.41) is 0.393. The first kappa shape index (κ1) is 20.7. The van der Waals surface area contributed by atoms with E-state index in [2.05, 4.69) is 4.99 Å². The summed E-state index contributed by atoms with van der Waals surface area (Å²) in [5.41, 5.74) is 2.84. The first-order valence-corrected chi connectivity index (χ1v) is 10.6. The largest absolute Gasteiger partial charge is 0.465 e. The Morgan fingerprint density at radius 1 is 1.16 bits per heavy atom. The first-order chi connectivity index (χ1) is 14.9. The number of hydrogen-bond donors (Lipinski definition) is 0. The smallest absolute Gasteiger partial charge is 0.326 e. The van der Waals surface area contributed by atoms with Gasteiger partial charge in [0.1, 0.15) is 12.1 Å². The minimum absolute atomic E-state index is 0.0789. The molecule has 158 valence electrons. The molecule has 31 heavy (non-hydrogen) atoms. The molecule has 0 saturated carbocycles. The fourth-order valence-corrected chi connectivity index (χ4v) is 4.52. The standard InChI is InChI=1S/C23H20N2O5S/c1-4-29-20(27)12-25-16-10-13(2)9-14(3)21(16)31-23(25)24-22(28)19-11-17(26)15-7-5-6-8-18(15)30-19/h5-11H,4,12H2,1-3H3. The van der Waals surface area contributed by atoms with Crippen LogP contribution in [-0.2, 0) is 16.1 Å². The van der Waals surface area contributed by atoms with E-state index in [1.54, 1.807) is 35.8 Å². The quantitative estimate of drug-likeness (QED) is 0.455. The SMILES string of the molecule is CCOC(=O)Cn1c(=NC(=O)c2cc(=O)c3ccccc3o2)sc2c(C)cc(C)cc21. The highest BCUT2D eigenvalue weighted by Gasteiger charge is 2.16. The topological polar surface area (TPSA) is 90.9 Å². The van der Waals surface area contributed by atoms with Crippen LogP contribution in [0, 0.1) is 13.8 Å². The van der Waals surface area contributed by atoms with E-state index in [0.29, 0.717) is 15.8 Å².